The maximum absolute atomic E-state index is 12.6. The lowest BCUT2D eigenvalue weighted by atomic mass is 10.1. The summed E-state index contributed by atoms with van der Waals surface area (Å²) >= 11 is 0. The fourth-order valence-electron chi connectivity index (χ4n) is 4.32. The van der Waals surface area contributed by atoms with Crippen molar-refractivity contribution in [2.45, 2.75) is 0 Å². The van der Waals surface area contributed by atoms with Crippen LogP contribution in [0.2, 0.25) is 0 Å². The molecule has 4 aromatic rings. The molecule has 1 N–H and O–H groups in total. The zero-order chi connectivity index (χ0) is 23.3. The van der Waals surface area contributed by atoms with E-state index in [2.05, 4.69) is 16.3 Å². The Labute approximate surface area is 197 Å². The number of carbonyl (C=O) groups is 1. The molecule has 34 heavy (non-hydrogen) atoms. The maximum Gasteiger partial charge on any atom is 0.338 e. The van der Waals surface area contributed by atoms with Crippen LogP contribution in [0.15, 0.2) is 82.0 Å². The fraction of sp³-hybridized carbons (Fsp3) is 0.259. The molecule has 0 spiro atoms. The Kier molecular flexibility index (Phi) is 6.44. The molecule has 0 atom stereocenters. The Morgan fingerprint density at radius 2 is 1.68 bits per heavy atom. The second-order valence-corrected chi connectivity index (χ2v) is 8.42. The molecule has 1 saturated heterocycles. The van der Waals surface area contributed by atoms with E-state index in [-0.39, 0.29) is 18.1 Å². The lowest BCUT2D eigenvalue weighted by molar-refractivity contribution is -0.135. The molecule has 7 nitrogen and oxygen atoms in total. The number of anilines is 1. The normalized spacial score (nSPS) is 14.4. The van der Waals surface area contributed by atoms with E-state index in [0.717, 1.165) is 41.5 Å². The van der Waals surface area contributed by atoms with Crippen LogP contribution in [0.1, 0.15) is 0 Å². The molecule has 0 saturated carbocycles. The van der Waals surface area contributed by atoms with Crippen LogP contribution < -0.4 is 15.7 Å². The summed E-state index contributed by atoms with van der Waals surface area (Å²) in [7, 11) is 0. The molecule has 1 aliphatic heterocycles. The number of para-hydroxylation sites is 1. The van der Waals surface area contributed by atoms with Crippen LogP contribution in [0.25, 0.3) is 21.7 Å². The average Bonchev–Trinajstić information content (AvgIpc) is 2.87. The molecule has 1 fully saturated rings. The van der Waals surface area contributed by atoms with Gasteiger partial charge in [-0.15, -0.1) is 0 Å². The van der Waals surface area contributed by atoms with Crippen molar-refractivity contribution in [3.8, 4) is 5.75 Å². The van der Waals surface area contributed by atoms with E-state index in [1.807, 2.05) is 59.5 Å². The zero-order valence-electron chi connectivity index (χ0n) is 18.9. The first kappa shape index (κ1) is 22.0. The molecular formula is C27H27N3O4. The van der Waals surface area contributed by atoms with Crippen molar-refractivity contribution < 1.29 is 13.9 Å². The number of nitrogens with zero attached hydrogens (tertiary/aromatic N) is 2. The van der Waals surface area contributed by atoms with Gasteiger partial charge in [-0.2, -0.15) is 0 Å². The number of fused-ring (bicyclic) bond motifs is 2. The third-order valence-electron chi connectivity index (χ3n) is 6.20. The minimum Gasteiger partial charge on any atom is -0.484 e. The Hall–Kier alpha value is -3.84. The second-order valence-electron chi connectivity index (χ2n) is 8.42. The molecule has 174 valence electrons. The summed E-state index contributed by atoms with van der Waals surface area (Å²) in [5, 5.41) is 6.50. The molecule has 7 heteroatoms. The van der Waals surface area contributed by atoms with Crippen LogP contribution >= 0.6 is 0 Å². The first-order chi connectivity index (χ1) is 16.7. The molecule has 0 aliphatic carbocycles. The smallest absolute Gasteiger partial charge is 0.338 e. The Balaban J connectivity index is 1.07. The summed E-state index contributed by atoms with van der Waals surface area (Å²) in [4.78, 5) is 28.6. The van der Waals surface area contributed by atoms with E-state index in [1.54, 1.807) is 6.07 Å². The summed E-state index contributed by atoms with van der Waals surface area (Å²) < 4.78 is 11.0. The van der Waals surface area contributed by atoms with Crippen molar-refractivity contribution in [2.75, 3.05) is 51.2 Å². The lowest BCUT2D eigenvalue weighted by Gasteiger charge is -2.34. The minimum atomic E-state index is -0.362. The van der Waals surface area contributed by atoms with E-state index >= 15 is 0 Å². The van der Waals surface area contributed by atoms with Crippen LogP contribution in [0.3, 0.4) is 0 Å². The van der Waals surface area contributed by atoms with Crippen LogP contribution in [-0.4, -0.2) is 61.6 Å². The quantitative estimate of drug-likeness (QED) is 0.428. The van der Waals surface area contributed by atoms with Gasteiger partial charge in [-0.3, -0.25) is 9.69 Å². The highest BCUT2D eigenvalue weighted by atomic mass is 16.5. The van der Waals surface area contributed by atoms with Gasteiger partial charge in [-0.25, -0.2) is 4.79 Å². The van der Waals surface area contributed by atoms with E-state index in [9.17, 15) is 9.59 Å². The van der Waals surface area contributed by atoms with E-state index in [4.69, 9.17) is 9.15 Å². The number of hydrogen-bond acceptors (Lipinski definition) is 6. The predicted molar refractivity (Wildman–Crippen MR) is 133 cm³/mol. The van der Waals surface area contributed by atoms with Crippen LogP contribution in [0, 0.1) is 0 Å². The van der Waals surface area contributed by atoms with Crippen molar-refractivity contribution in [2.24, 2.45) is 0 Å². The Morgan fingerprint density at radius 3 is 2.53 bits per heavy atom. The van der Waals surface area contributed by atoms with Gasteiger partial charge < -0.3 is 19.4 Å². The molecule has 3 aromatic carbocycles. The number of ether oxygens (including phenoxy) is 1. The van der Waals surface area contributed by atoms with Gasteiger partial charge in [0.2, 0.25) is 0 Å². The third kappa shape index (κ3) is 5.05. The Morgan fingerprint density at radius 1 is 0.912 bits per heavy atom. The predicted octanol–water partition coefficient (Wildman–Crippen LogP) is 3.58. The van der Waals surface area contributed by atoms with Gasteiger partial charge in [0.25, 0.3) is 5.91 Å². The van der Waals surface area contributed by atoms with E-state index in [1.165, 1.54) is 6.07 Å². The van der Waals surface area contributed by atoms with Gasteiger partial charge >= 0.3 is 5.63 Å². The van der Waals surface area contributed by atoms with Crippen molar-refractivity contribution in [3.05, 3.63) is 83.2 Å². The van der Waals surface area contributed by atoms with Gasteiger partial charge in [0, 0.05) is 50.7 Å². The van der Waals surface area contributed by atoms with Gasteiger partial charge in [-0.05, 0) is 35.0 Å². The highest BCUT2D eigenvalue weighted by Gasteiger charge is 2.21. The molecule has 1 aliphatic rings. The van der Waals surface area contributed by atoms with Crippen LogP contribution in [-0.2, 0) is 4.79 Å². The zero-order valence-corrected chi connectivity index (χ0v) is 18.9. The van der Waals surface area contributed by atoms with Crippen molar-refractivity contribution in [3.63, 3.8) is 0 Å². The molecule has 1 aromatic heterocycles. The van der Waals surface area contributed by atoms with Crippen LogP contribution in [0.5, 0.6) is 5.75 Å². The molecule has 0 radical (unpaired) electrons. The topological polar surface area (TPSA) is 75.0 Å². The number of hydrogen-bond donors (Lipinski definition) is 1. The van der Waals surface area contributed by atoms with Crippen molar-refractivity contribution in [1.29, 1.82) is 0 Å². The largest absolute Gasteiger partial charge is 0.484 e. The number of piperazine rings is 1. The van der Waals surface area contributed by atoms with Gasteiger partial charge in [0.05, 0.1) is 5.69 Å². The van der Waals surface area contributed by atoms with Gasteiger partial charge in [0.1, 0.15) is 11.3 Å². The average molecular weight is 458 g/mol. The lowest BCUT2D eigenvalue weighted by Crippen LogP contribution is -2.50. The van der Waals surface area contributed by atoms with Gasteiger partial charge in [-0.1, -0.05) is 42.5 Å². The highest BCUT2D eigenvalue weighted by Crippen LogP contribution is 2.21. The van der Waals surface area contributed by atoms with Crippen molar-refractivity contribution >= 4 is 33.3 Å². The molecule has 5 rings (SSSR count). The number of benzene rings is 3. The highest BCUT2D eigenvalue weighted by molar-refractivity contribution is 5.89. The van der Waals surface area contributed by atoms with Crippen LogP contribution in [0.4, 0.5) is 5.69 Å². The second kappa shape index (κ2) is 9.97. The molecule has 2 heterocycles. The maximum atomic E-state index is 12.6. The molecular weight excluding hydrogens is 430 g/mol. The molecule has 1 amide bonds. The number of amides is 1. The standard InChI is InChI=1S/C27H27N3O4/c31-26(19-33-22-10-9-20-5-1-2-6-21(20)17-22)30-15-13-29(14-16-30)12-11-28-24-18-27(32)34-25-8-4-3-7-23(24)25/h1-10,17-18,28H,11-16,19H2. The molecule has 0 unspecified atom stereocenters. The van der Waals surface area contributed by atoms with E-state index in [0.29, 0.717) is 31.0 Å². The summed E-state index contributed by atoms with van der Waals surface area (Å²) in [6, 6.07) is 23.0. The summed E-state index contributed by atoms with van der Waals surface area (Å²) in [5.74, 6) is 0.715. The number of carbonyl (C=O) groups excluding carboxylic acids is 1. The Bertz CT molecular complexity index is 1360. The van der Waals surface area contributed by atoms with Crippen molar-refractivity contribution in [1.82, 2.24) is 9.80 Å². The summed E-state index contributed by atoms with van der Waals surface area (Å²) in [6.45, 7) is 4.54. The number of nitrogens with one attached hydrogen (secondary N) is 1. The van der Waals surface area contributed by atoms with Gasteiger partial charge in [0.15, 0.2) is 6.61 Å². The molecule has 0 bridgehead atoms. The van der Waals surface area contributed by atoms with E-state index < -0.39 is 0 Å². The fourth-order valence-corrected chi connectivity index (χ4v) is 4.32. The first-order valence-electron chi connectivity index (χ1n) is 11.5. The summed E-state index contributed by atoms with van der Waals surface area (Å²) in [5.41, 5.74) is 1.00. The SMILES string of the molecule is O=C(COc1ccc2ccccc2c1)N1CCN(CCNc2cc(=O)oc3ccccc23)CC1. The third-order valence-corrected chi connectivity index (χ3v) is 6.20. The minimum absolute atomic E-state index is 0.00779. The summed E-state index contributed by atoms with van der Waals surface area (Å²) in [6.07, 6.45) is 0. The first-order valence-corrected chi connectivity index (χ1v) is 11.5. The monoisotopic (exact) mass is 457 g/mol. The number of rotatable bonds is 7.